The molecule has 0 fully saturated rings. The minimum Gasteiger partial charge on any atom is -0.364 e. The average molecular weight is 307 g/mol. The summed E-state index contributed by atoms with van der Waals surface area (Å²) in [6, 6.07) is 17.8. The van der Waals surface area contributed by atoms with Crippen LogP contribution >= 0.6 is 0 Å². The molecule has 2 aromatic carbocycles. The molecule has 0 atom stereocenters. The fourth-order valence-electron chi connectivity index (χ4n) is 4.52. The molecule has 0 N–H and O–H groups in total. The summed E-state index contributed by atoms with van der Waals surface area (Å²) in [4.78, 5) is 2.18. The molecule has 0 saturated heterocycles. The zero-order chi connectivity index (χ0) is 16.1. The SMILES string of the molecule is CN(C)CCOC12CCC(C)(c3ccccc31)c1ccccc12. The van der Waals surface area contributed by atoms with Gasteiger partial charge in [0.25, 0.3) is 0 Å². The van der Waals surface area contributed by atoms with Gasteiger partial charge >= 0.3 is 0 Å². The number of hydrogen-bond acceptors (Lipinski definition) is 2. The molecule has 2 nitrogen and oxygen atoms in total. The molecule has 23 heavy (non-hydrogen) atoms. The smallest absolute Gasteiger partial charge is 0.119 e. The lowest BCUT2D eigenvalue weighted by atomic mass is 9.54. The summed E-state index contributed by atoms with van der Waals surface area (Å²) in [6.45, 7) is 4.10. The van der Waals surface area contributed by atoms with Gasteiger partial charge in [0, 0.05) is 12.0 Å². The van der Waals surface area contributed by atoms with Crippen LogP contribution in [0.4, 0.5) is 0 Å². The van der Waals surface area contributed by atoms with Crippen molar-refractivity contribution in [3.05, 3.63) is 70.8 Å². The van der Waals surface area contributed by atoms with E-state index in [9.17, 15) is 0 Å². The third-order valence-corrected chi connectivity index (χ3v) is 5.78. The second-order valence-corrected chi connectivity index (χ2v) is 7.40. The van der Waals surface area contributed by atoms with Crippen LogP contribution in [0.25, 0.3) is 0 Å². The number of ether oxygens (including phenoxy) is 1. The molecule has 3 aliphatic rings. The van der Waals surface area contributed by atoms with Crippen molar-refractivity contribution in [2.75, 3.05) is 27.2 Å². The summed E-state index contributed by atoms with van der Waals surface area (Å²) < 4.78 is 6.62. The predicted molar refractivity (Wildman–Crippen MR) is 93.9 cm³/mol. The van der Waals surface area contributed by atoms with Gasteiger partial charge in [-0.05, 0) is 49.2 Å². The molecule has 3 aliphatic carbocycles. The lowest BCUT2D eigenvalue weighted by Gasteiger charge is -2.54. The van der Waals surface area contributed by atoms with E-state index in [1.54, 1.807) is 0 Å². The van der Waals surface area contributed by atoms with Crippen molar-refractivity contribution >= 4 is 0 Å². The minimum absolute atomic E-state index is 0.125. The van der Waals surface area contributed by atoms with E-state index in [0.29, 0.717) is 0 Å². The first kappa shape index (κ1) is 14.9. The van der Waals surface area contributed by atoms with Crippen molar-refractivity contribution in [3.63, 3.8) is 0 Å². The average Bonchev–Trinajstić information content (AvgIpc) is 2.57. The molecule has 0 aromatic heterocycles. The number of likely N-dealkylation sites (N-methyl/N-ethyl adjacent to an activating group) is 1. The Labute approximate surface area is 139 Å². The molecule has 0 heterocycles. The molecule has 0 saturated carbocycles. The molecular weight excluding hydrogens is 282 g/mol. The summed E-state index contributed by atoms with van der Waals surface area (Å²) in [7, 11) is 4.20. The Morgan fingerprint density at radius 2 is 1.39 bits per heavy atom. The minimum atomic E-state index is -0.263. The largest absolute Gasteiger partial charge is 0.364 e. The maximum atomic E-state index is 6.62. The van der Waals surface area contributed by atoms with E-state index in [1.165, 1.54) is 22.3 Å². The molecule has 0 unspecified atom stereocenters. The molecule has 5 rings (SSSR count). The Kier molecular flexibility index (Phi) is 3.36. The second-order valence-electron chi connectivity index (χ2n) is 7.40. The van der Waals surface area contributed by atoms with Gasteiger partial charge in [-0.1, -0.05) is 55.5 Å². The van der Waals surface area contributed by atoms with Crippen LogP contribution in [0.5, 0.6) is 0 Å². The normalized spacial score (nSPS) is 27.8. The zero-order valence-electron chi connectivity index (χ0n) is 14.3. The van der Waals surface area contributed by atoms with Crippen LogP contribution < -0.4 is 0 Å². The number of hydrogen-bond donors (Lipinski definition) is 0. The van der Waals surface area contributed by atoms with Gasteiger partial charge in [0.05, 0.1) is 6.61 Å². The van der Waals surface area contributed by atoms with Gasteiger partial charge in [-0.25, -0.2) is 0 Å². The van der Waals surface area contributed by atoms with E-state index in [2.05, 4.69) is 74.4 Å². The molecular formula is C21H25NO. The van der Waals surface area contributed by atoms with Crippen molar-refractivity contribution in [1.29, 1.82) is 0 Å². The highest BCUT2D eigenvalue weighted by Gasteiger charge is 2.54. The second kappa shape index (κ2) is 5.19. The van der Waals surface area contributed by atoms with Crippen molar-refractivity contribution < 1.29 is 4.74 Å². The highest BCUT2D eigenvalue weighted by molar-refractivity contribution is 5.60. The van der Waals surface area contributed by atoms with Crippen LogP contribution in [0.1, 0.15) is 42.0 Å². The van der Waals surface area contributed by atoms with E-state index >= 15 is 0 Å². The number of fused-ring (bicyclic) bond motifs is 1. The molecule has 2 aromatic rings. The third kappa shape index (κ3) is 2.02. The fourth-order valence-corrected chi connectivity index (χ4v) is 4.52. The molecule has 0 radical (unpaired) electrons. The van der Waals surface area contributed by atoms with E-state index in [-0.39, 0.29) is 11.0 Å². The van der Waals surface area contributed by atoms with Crippen molar-refractivity contribution in [1.82, 2.24) is 4.90 Å². The molecule has 2 bridgehead atoms. The topological polar surface area (TPSA) is 12.5 Å². The fraction of sp³-hybridized carbons (Fsp3) is 0.429. The Balaban J connectivity index is 1.87. The summed E-state index contributed by atoms with van der Waals surface area (Å²) in [5, 5.41) is 0. The van der Waals surface area contributed by atoms with Crippen LogP contribution in [-0.2, 0) is 15.8 Å². The summed E-state index contributed by atoms with van der Waals surface area (Å²) in [5.74, 6) is 0. The number of nitrogens with zero attached hydrogens (tertiary/aromatic N) is 1. The first-order valence-electron chi connectivity index (χ1n) is 8.57. The Morgan fingerprint density at radius 1 is 0.870 bits per heavy atom. The van der Waals surface area contributed by atoms with Crippen LogP contribution in [0, 0.1) is 0 Å². The van der Waals surface area contributed by atoms with Gasteiger partial charge in [0.2, 0.25) is 0 Å². The predicted octanol–water partition coefficient (Wildman–Crippen LogP) is 3.92. The van der Waals surface area contributed by atoms with E-state index in [0.717, 1.165) is 26.0 Å². The highest BCUT2D eigenvalue weighted by Crippen LogP contribution is 2.59. The Bertz CT molecular complexity index is 687. The van der Waals surface area contributed by atoms with Gasteiger partial charge in [-0.2, -0.15) is 0 Å². The van der Waals surface area contributed by atoms with E-state index < -0.39 is 0 Å². The van der Waals surface area contributed by atoms with Crippen LogP contribution in [0.3, 0.4) is 0 Å². The lowest BCUT2D eigenvalue weighted by molar-refractivity contribution is -0.0496. The van der Waals surface area contributed by atoms with Crippen LogP contribution in [0.15, 0.2) is 48.5 Å². The van der Waals surface area contributed by atoms with Crippen molar-refractivity contribution in [3.8, 4) is 0 Å². The quantitative estimate of drug-likeness (QED) is 0.849. The Morgan fingerprint density at radius 3 is 1.91 bits per heavy atom. The highest BCUT2D eigenvalue weighted by atomic mass is 16.5. The van der Waals surface area contributed by atoms with Gasteiger partial charge in [-0.15, -0.1) is 0 Å². The van der Waals surface area contributed by atoms with Gasteiger partial charge in [0.15, 0.2) is 0 Å². The summed E-state index contributed by atoms with van der Waals surface area (Å²) in [6.07, 6.45) is 2.23. The molecule has 120 valence electrons. The monoisotopic (exact) mass is 307 g/mol. The first-order chi connectivity index (χ1) is 11.1. The van der Waals surface area contributed by atoms with Gasteiger partial charge < -0.3 is 9.64 Å². The number of benzene rings is 2. The third-order valence-electron chi connectivity index (χ3n) is 5.78. The summed E-state index contributed by atoms with van der Waals surface area (Å²) >= 11 is 0. The van der Waals surface area contributed by atoms with E-state index in [1.807, 2.05) is 0 Å². The van der Waals surface area contributed by atoms with Crippen molar-refractivity contribution in [2.24, 2.45) is 0 Å². The standard InChI is InChI=1S/C21H25NO/c1-20-12-13-21(23-15-14-22(2)3,18-10-6-4-8-16(18)20)19-11-7-5-9-17(19)20/h4-11H,12-15H2,1-3H3. The van der Waals surface area contributed by atoms with Crippen LogP contribution in [-0.4, -0.2) is 32.1 Å². The first-order valence-corrected chi connectivity index (χ1v) is 8.57. The molecule has 2 heteroatoms. The molecule has 0 aliphatic heterocycles. The maximum Gasteiger partial charge on any atom is 0.119 e. The number of rotatable bonds is 4. The van der Waals surface area contributed by atoms with E-state index in [4.69, 9.17) is 4.74 Å². The van der Waals surface area contributed by atoms with Crippen LogP contribution in [0.2, 0.25) is 0 Å². The zero-order valence-corrected chi connectivity index (χ0v) is 14.3. The maximum absolute atomic E-state index is 6.62. The lowest BCUT2D eigenvalue weighted by Crippen LogP contribution is -2.49. The van der Waals surface area contributed by atoms with Gasteiger partial charge in [-0.3, -0.25) is 0 Å². The summed E-state index contributed by atoms with van der Waals surface area (Å²) in [5.41, 5.74) is 5.53. The van der Waals surface area contributed by atoms with Crippen molar-refractivity contribution in [2.45, 2.75) is 30.8 Å². The molecule has 0 spiro atoms. The van der Waals surface area contributed by atoms with Gasteiger partial charge in [0.1, 0.15) is 5.60 Å². The molecule has 0 amide bonds. The Hall–Kier alpha value is -1.64.